The SMILES string of the molecule is CCCCCCN(C)CC(=O)Nc1ccccc1SC. The summed E-state index contributed by atoms with van der Waals surface area (Å²) >= 11 is 1.65. The molecule has 0 fully saturated rings. The molecule has 0 unspecified atom stereocenters. The van der Waals surface area contributed by atoms with Gasteiger partial charge in [0.05, 0.1) is 12.2 Å². The minimum atomic E-state index is 0.0597. The van der Waals surface area contributed by atoms with Crippen molar-refractivity contribution >= 4 is 23.4 Å². The monoisotopic (exact) mass is 294 g/mol. The van der Waals surface area contributed by atoms with Gasteiger partial charge in [-0.05, 0) is 38.4 Å². The molecule has 0 bridgehead atoms. The predicted octanol–water partition coefficient (Wildman–Crippen LogP) is 3.86. The Labute approximate surface area is 127 Å². The number of amides is 1. The fraction of sp³-hybridized carbons (Fsp3) is 0.562. The van der Waals surface area contributed by atoms with E-state index in [1.54, 1.807) is 11.8 Å². The Morgan fingerprint density at radius 3 is 2.70 bits per heavy atom. The van der Waals surface area contributed by atoms with Crippen molar-refractivity contribution in [1.82, 2.24) is 4.90 Å². The second-order valence-corrected chi connectivity index (χ2v) is 5.89. The summed E-state index contributed by atoms with van der Waals surface area (Å²) in [5.41, 5.74) is 0.907. The van der Waals surface area contributed by atoms with Crippen LogP contribution in [0.5, 0.6) is 0 Å². The number of benzene rings is 1. The molecule has 3 nitrogen and oxygen atoms in total. The van der Waals surface area contributed by atoms with Crippen LogP contribution in [0.25, 0.3) is 0 Å². The fourth-order valence-electron chi connectivity index (χ4n) is 2.07. The van der Waals surface area contributed by atoms with Gasteiger partial charge in [-0.1, -0.05) is 38.3 Å². The number of carbonyl (C=O) groups excluding carboxylic acids is 1. The molecule has 1 amide bonds. The van der Waals surface area contributed by atoms with E-state index in [0.29, 0.717) is 6.54 Å². The average Bonchev–Trinajstić information content (AvgIpc) is 2.44. The van der Waals surface area contributed by atoms with E-state index in [4.69, 9.17) is 0 Å². The first-order chi connectivity index (χ1) is 9.67. The summed E-state index contributed by atoms with van der Waals surface area (Å²) in [6, 6.07) is 7.91. The van der Waals surface area contributed by atoms with Crippen molar-refractivity contribution in [3.8, 4) is 0 Å². The summed E-state index contributed by atoms with van der Waals surface area (Å²) in [5, 5.41) is 2.99. The maximum atomic E-state index is 12.0. The van der Waals surface area contributed by atoms with E-state index >= 15 is 0 Å². The van der Waals surface area contributed by atoms with Gasteiger partial charge >= 0.3 is 0 Å². The molecule has 0 spiro atoms. The number of anilines is 1. The third-order valence-electron chi connectivity index (χ3n) is 3.19. The van der Waals surface area contributed by atoms with E-state index < -0.39 is 0 Å². The number of rotatable bonds is 9. The van der Waals surface area contributed by atoms with Crippen LogP contribution in [0.3, 0.4) is 0 Å². The minimum Gasteiger partial charge on any atom is -0.324 e. The Hall–Kier alpha value is -1.00. The van der Waals surface area contributed by atoms with Crippen LogP contribution < -0.4 is 5.32 Å². The summed E-state index contributed by atoms with van der Waals surface area (Å²) in [4.78, 5) is 15.2. The highest BCUT2D eigenvalue weighted by Crippen LogP contribution is 2.24. The summed E-state index contributed by atoms with van der Waals surface area (Å²) in [6.45, 7) is 3.65. The molecule has 0 aliphatic carbocycles. The van der Waals surface area contributed by atoms with Crippen molar-refractivity contribution in [2.45, 2.75) is 37.5 Å². The van der Waals surface area contributed by atoms with E-state index in [2.05, 4.69) is 17.1 Å². The molecule has 0 radical (unpaired) electrons. The van der Waals surface area contributed by atoms with Gasteiger partial charge in [-0.3, -0.25) is 9.69 Å². The molecular formula is C16H26N2OS. The number of nitrogens with one attached hydrogen (secondary N) is 1. The van der Waals surface area contributed by atoms with E-state index in [9.17, 15) is 4.79 Å². The van der Waals surface area contributed by atoms with Gasteiger partial charge < -0.3 is 5.32 Å². The second kappa shape index (κ2) is 9.83. The Balaban J connectivity index is 2.35. The summed E-state index contributed by atoms with van der Waals surface area (Å²) in [6.07, 6.45) is 6.96. The highest BCUT2D eigenvalue weighted by Gasteiger charge is 2.08. The maximum absolute atomic E-state index is 12.0. The fourth-order valence-corrected chi connectivity index (χ4v) is 2.62. The zero-order chi connectivity index (χ0) is 14.8. The Kier molecular flexibility index (Phi) is 8.38. The molecule has 1 aromatic carbocycles. The Morgan fingerprint density at radius 2 is 2.00 bits per heavy atom. The van der Waals surface area contributed by atoms with Crippen LogP contribution in [-0.4, -0.2) is 37.2 Å². The first-order valence-corrected chi connectivity index (χ1v) is 8.51. The lowest BCUT2D eigenvalue weighted by Crippen LogP contribution is -2.31. The third-order valence-corrected chi connectivity index (χ3v) is 3.98. The van der Waals surface area contributed by atoms with Crippen LogP contribution in [0.4, 0.5) is 5.69 Å². The summed E-state index contributed by atoms with van der Waals surface area (Å²) in [5.74, 6) is 0.0597. The molecular weight excluding hydrogens is 268 g/mol. The predicted molar refractivity (Wildman–Crippen MR) is 88.5 cm³/mol. The van der Waals surface area contributed by atoms with Crippen LogP contribution in [0.15, 0.2) is 29.2 Å². The number of carbonyl (C=O) groups is 1. The van der Waals surface area contributed by atoms with Gasteiger partial charge in [0.1, 0.15) is 0 Å². The molecule has 1 N–H and O–H groups in total. The third kappa shape index (κ3) is 6.44. The average molecular weight is 294 g/mol. The van der Waals surface area contributed by atoms with Crippen molar-refractivity contribution in [2.75, 3.05) is 31.7 Å². The first-order valence-electron chi connectivity index (χ1n) is 7.28. The van der Waals surface area contributed by atoms with Gasteiger partial charge in [0.2, 0.25) is 5.91 Å². The number of hydrogen-bond acceptors (Lipinski definition) is 3. The van der Waals surface area contributed by atoms with Crippen molar-refractivity contribution in [3.63, 3.8) is 0 Å². The Bertz CT molecular complexity index is 409. The standard InChI is InChI=1S/C16H26N2OS/c1-4-5-6-9-12-18(2)13-16(19)17-14-10-7-8-11-15(14)20-3/h7-8,10-11H,4-6,9,12-13H2,1-3H3,(H,17,19). The highest BCUT2D eigenvalue weighted by atomic mass is 32.2. The summed E-state index contributed by atoms with van der Waals surface area (Å²) < 4.78 is 0. The van der Waals surface area contributed by atoms with Crippen LogP contribution in [0, 0.1) is 0 Å². The van der Waals surface area contributed by atoms with Gasteiger partial charge in [0, 0.05) is 4.90 Å². The minimum absolute atomic E-state index is 0.0597. The molecule has 4 heteroatoms. The van der Waals surface area contributed by atoms with Gasteiger partial charge in [-0.25, -0.2) is 0 Å². The Morgan fingerprint density at radius 1 is 1.25 bits per heavy atom. The molecule has 0 saturated heterocycles. The highest BCUT2D eigenvalue weighted by molar-refractivity contribution is 7.98. The number of hydrogen-bond donors (Lipinski definition) is 1. The lowest BCUT2D eigenvalue weighted by atomic mass is 10.2. The number of thioether (sulfide) groups is 1. The number of nitrogens with zero attached hydrogens (tertiary/aromatic N) is 1. The normalized spacial score (nSPS) is 10.8. The number of para-hydroxylation sites is 1. The second-order valence-electron chi connectivity index (χ2n) is 5.05. The van der Waals surface area contributed by atoms with Gasteiger partial charge in [0.25, 0.3) is 0 Å². The van der Waals surface area contributed by atoms with Crippen LogP contribution in [0.1, 0.15) is 32.6 Å². The smallest absolute Gasteiger partial charge is 0.238 e. The van der Waals surface area contributed by atoms with E-state index in [-0.39, 0.29) is 5.91 Å². The molecule has 1 aromatic rings. The van der Waals surface area contributed by atoms with Crippen LogP contribution in [0.2, 0.25) is 0 Å². The van der Waals surface area contributed by atoms with E-state index in [1.807, 2.05) is 37.6 Å². The summed E-state index contributed by atoms with van der Waals surface area (Å²) in [7, 11) is 2.01. The molecule has 0 saturated carbocycles. The number of likely N-dealkylation sites (N-methyl/N-ethyl adjacent to an activating group) is 1. The zero-order valence-corrected chi connectivity index (χ0v) is 13.6. The largest absolute Gasteiger partial charge is 0.324 e. The molecule has 1 rings (SSSR count). The molecule has 0 aromatic heterocycles. The lowest BCUT2D eigenvalue weighted by molar-refractivity contribution is -0.117. The number of unbranched alkanes of at least 4 members (excludes halogenated alkanes) is 3. The molecule has 0 heterocycles. The zero-order valence-electron chi connectivity index (χ0n) is 12.8. The van der Waals surface area contributed by atoms with Gasteiger partial charge in [0.15, 0.2) is 0 Å². The quantitative estimate of drug-likeness (QED) is 0.554. The van der Waals surface area contributed by atoms with E-state index in [0.717, 1.165) is 17.1 Å². The lowest BCUT2D eigenvalue weighted by Gasteiger charge is -2.16. The molecule has 112 valence electrons. The van der Waals surface area contributed by atoms with Crippen LogP contribution in [-0.2, 0) is 4.79 Å². The van der Waals surface area contributed by atoms with Crippen LogP contribution >= 0.6 is 11.8 Å². The topological polar surface area (TPSA) is 32.3 Å². The van der Waals surface area contributed by atoms with Crippen molar-refractivity contribution in [2.24, 2.45) is 0 Å². The molecule has 0 aliphatic heterocycles. The van der Waals surface area contributed by atoms with Gasteiger partial charge in [-0.15, -0.1) is 11.8 Å². The molecule has 0 aliphatic rings. The van der Waals surface area contributed by atoms with Crippen molar-refractivity contribution in [3.05, 3.63) is 24.3 Å². The van der Waals surface area contributed by atoms with Gasteiger partial charge in [-0.2, -0.15) is 0 Å². The van der Waals surface area contributed by atoms with Crippen molar-refractivity contribution in [1.29, 1.82) is 0 Å². The van der Waals surface area contributed by atoms with Crippen molar-refractivity contribution < 1.29 is 4.79 Å². The maximum Gasteiger partial charge on any atom is 0.238 e. The molecule has 0 atom stereocenters. The molecule has 20 heavy (non-hydrogen) atoms. The van der Waals surface area contributed by atoms with E-state index in [1.165, 1.54) is 25.7 Å². The first kappa shape index (κ1) is 17.1.